The number of quaternary nitrogens is 1. The molecule has 1 atom stereocenters. The van der Waals surface area contributed by atoms with Gasteiger partial charge in [0.25, 0.3) is 0 Å². The van der Waals surface area contributed by atoms with Crippen molar-refractivity contribution in [2.75, 3.05) is 19.8 Å². The van der Waals surface area contributed by atoms with Gasteiger partial charge in [-0.15, -0.1) is 0 Å². The molecule has 0 bridgehead atoms. The molecule has 3 nitrogen and oxygen atoms in total. The number of benzene rings is 2. The molecule has 2 aromatic rings. The van der Waals surface area contributed by atoms with Gasteiger partial charge in [0.05, 0.1) is 12.1 Å². The molecule has 0 aliphatic carbocycles. The Morgan fingerprint density at radius 1 is 0.758 bits per heavy atom. The molecular weight excluding hydrogens is 430 g/mol. The lowest BCUT2D eigenvalue weighted by atomic mass is 9.79. The maximum Gasteiger partial charge on any atom is 0.119 e. The number of hydrogen-bond donors (Lipinski definition) is 1. The number of rotatable bonds is 13. The molecule has 0 aromatic heterocycles. The van der Waals surface area contributed by atoms with Crippen LogP contribution in [0.1, 0.15) is 73.3 Å². The largest absolute Gasteiger partial charge is 1.00 e. The molecule has 4 heteroatoms. The maximum absolute atomic E-state index is 6.60. The first-order valence-corrected chi connectivity index (χ1v) is 12.3. The van der Waals surface area contributed by atoms with Gasteiger partial charge in [-0.2, -0.15) is 0 Å². The van der Waals surface area contributed by atoms with Crippen LogP contribution in [0.25, 0.3) is 0 Å². The summed E-state index contributed by atoms with van der Waals surface area (Å²) in [5.74, 6) is 0.900. The maximum atomic E-state index is 6.60. The standard InChI is InChI=1S/C29H45NO2.ClH/c1-8-29(9-2,32-21-20-31-26-18-14-11-15-19-26)24-30(22-25-16-12-10-13-17-25)28(6,7)23-27(3,4)5;/h10-19H,8-9,20-24H2,1-7H3;1H. The molecule has 1 unspecified atom stereocenters. The molecule has 0 heterocycles. The molecule has 0 amide bonds. The summed E-state index contributed by atoms with van der Waals surface area (Å²) in [6.45, 7) is 19.6. The average Bonchev–Trinajstić information content (AvgIpc) is 2.75. The predicted molar refractivity (Wildman–Crippen MR) is 135 cm³/mol. The molecule has 0 aliphatic rings. The molecular formula is C29H46ClNO2. The zero-order valence-corrected chi connectivity index (χ0v) is 22.7. The Morgan fingerprint density at radius 2 is 1.30 bits per heavy atom. The Morgan fingerprint density at radius 3 is 1.82 bits per heavy atom. The first kappa shape index (κ1) is 29.5. The summed E-state index contributed by atoms with van der Waals surface area (Å²) in [6.07, 6.45) is 3.15. The molecule has 0 radical (unpaired) electrons. The smallest absolute Gasteiger partial charge is 0.119 e. The minimum Gasteiger partial charge on any atom is -1.00 e. The Hall–Kier alpha value is -1.55. The first-order valence-electron chi connectivity index (χ1n) is 12.3. The number of para-hydroxylation sites is 1. The average molecular weight is 476 g/mol. The Kier molecular flexibility index (Phi) is 11.9. The van der Waals surface area contributed by atoms with Crippen LogP contribution < -0.4 is 22.0 Å². The molecule has 33 heavy (non-hydrogen) atoms. The third-order valence-electron chi connectivity index (χ3n) is 6.52. The van der Waals surface area contributed by atoms with Crippen LogP contribution in [0.3, 0.4) is 0 Å². The third-order valence-corrected chi connectivity index (χ3v) is 6.52. The van der Waals surface area contributed by atoms with E-state index in [0.29, 0.717) is 13.2 Å². The summed E-state index contributed by atoms with van der Waals surface area (Å²) >= 11 is 0. The fourth-order valence-electron chi connectivity index (χ4n) is 4.91. The fraction of sp³-hybridized carbons (Fsp3) is 0.586. The van der Waals surface area contributed by atoms with E-state index in [-0.39, 0.29) is 29.0 Å². The molecule has 2 rings (SSSR count). The van der Waals surface area contributed by atoms with Crippen molar-refractivity contribution in [3.05, 3.63) is 66.2 Å². The van der Waals surface area contributed by atoms with Crippen molar-refractivity contribution >= 4 is 0 Å². The van der Waals surface area contributed by atoms with Crippen molar-refractivity contribution in [1.29, 1.82) is 0 Å². The van der Waals surface area contributed by atoms with Crippen molar-refractivity contribution in [3.63, 3.8) is 0 Å². The van der Waals surface area contributed by atoms with Gasteiger partial charge in [-0.05, 0) is 44.2 Å². The highest BCUT2D eigenvalue weighted by atomic mass is 35.5. The first-order chi connectivity index (χ1) is 15.1. The highest BCUT2D eigenvalue weighted by Gasteiger charge is 2.41. The number of ether oxygens (including phenoxy) is 2. The van der Waals surface area contributed by atoms with Gasteiger partial charge in [-0.25, -0.2) is 0 Å². The van der Waals surface area contributed by atoms with Gasteiger partial charge in [0, 0.05) is 12.0 Å². The zero-order valence-electron chi connectivity index (χ0n) is 21.9. The molecule has 0 spiro atoms. The number of hydrogen-bond acceptors (Lipinski definition) is 2. The van der Waals surface area contributed by atoms with Crippen LogP contribution in [0.2, 0.25) is 0 Å². The van der Waals surface area contributed by atoms with Gasteiger partial charge in [0.15, 0.2) is 0 Å². The lowest BCUT2D eigenvalue weighted by molar-refractivity contribution is -0.968. The molecule has 186 valence electrons. The van der Waals surface area contributed by atoms with Gasteiger partial charge in [0.1, 0.15) is 31.0 Å². The summed E-state index contributed by atoms with van der Waals surface area (Å²) < 4.78 is 12.5. The Bertz CT molecular complexity index is 767. The SMILES string of the molecule is CCC(CC)(C[NH+](Cc1ccccc1)C(C)(C)CC(C)(C)C)OCCOc1ccccc1.[Cl-]. The van der Waals surface area contributed by atoms with Crippen molar-refractivity contribution < 1.29 is 26.8 Å². The molecule has 0 saturated heterocycles. The zero-order chi connectivity index (χ0) is 23.7. The van der Waals surface area contributed by atoms with Crippen LogP contribution in [0.5, 0.6) is 5.75 Å². The Labute approximate surface area is 209 Å². The second-order valence-electron chi connectivity index (χ2n) is 11.0. The molecule has 0 aliphatic heterocycles. The fourth-order valence-corrected chi connectivity index (χ4v) is 4.91. The molecule has 0 fully saturated rings. The van der Waals surface area contributed by atoms with Crippen LogP contribution in [-0.4, -0.2) is 30.9 Å². The van der Waals surface area contributed by atoms with Crippen molar-refractivity contribution in [2.24, 2.45) is 5.41 Å². The summed E-state index contributed by atoms with van der Waals surface area (Å²) in [5, 5.41) is 0. The number of halogens is 1. The van der Waals surface area contributed by atoms with E-state index >= 15 is 0 Å². The second-order valence-corrected chi connectivity index (χ2v) is 11.0. The minimum absolute atomic E-state index is 0. The summed E-state index contributed by atoms with van der Waals surface area (Å²) in [7, 11) is 0. The van der Waals surface area contributed by atoms with E-state index in [2.05, 4.69) is 78.8 Å². The molecule has 0 saturated carbocycles. The van der Waals surface area contributed by atoms with Crippen molar-refractivity contribution in [3.8, 4) is 5.75 Å². The van der Waals surface area contributed by atoms with E-state index in [1.165, 1.54) is 5.56 Å². The monoisotopic (exact) mass is 475 g/mol. The molecule has 1 N–H and O–H groups in total. The third kappa shape index (κ3) is 10.1. The van der Waals surface area contributed by atoms with Crippen LogP contribution in [0.15, 0.2) is 60.7 Å². The van der Waals surface area contributed by atoms with Gasteiger partial charge >= 0.3 is 0 Å². The second kappa shape index (κ2) is 13.4. The summed E-state index contributed by atoms with van der Waals surface area (Å²) in [4.78, 5) is 1.59. The summed E-state index contributed by atoms with van der Waals surface area (Å²) in [6, 6.07) is 20.9. The van der Waals surface area contributed by atoms with E-state index in [0.717, 1.165) is 38.1 Å². The van der Waals surface area contributed by atoms with E-state index < -0.39 is 0 Å². The lowest BCUT2D eigenvalue weighted by Crippen LogP contribution is -3.20. The van der Waals surface area contributed by atoms with Gasteiger partial charge in [-0.1, -0.05) is 83.1 Å². The topological polar surface area (TPSA) is 22.9 Å². The van der Waals surface area contributed by atoms with Crippen LogP contribution in [-0.2, 0) is 11.3 Å². The van der Waals surface area contributed by atoms with Crippen LogP contribution in [0.4, 0.5) is 0 Å². The summed E-state index contributed by atoms with van der Waals surface area (Å²) in [5.41, 5.74) is 1.64. The Balaban J connectivity index is 0.00000544. The molecule has 2 aromatic carbocycles. The van der Waals surface area contributed by atoms with Crippen LogP contribution in [0, 0.1) is 5.41 Å². The van der Waals surface area contributed by atoms with Gasteiger partial charge < -0.3 is 26.8 Å². The van der Waals surface area contributed by atoms with E-state index in [1.807, 2.05) is 30.3 Å². The quantitative estimate of drug-likeness (QED) is 0.450. The van der Waals surface area contributed by atoms with Crippen LogP contribution >= 0.6 is 0 Å². The highest BCUT2D eigenvalue weighted by molar-refractivity contribution is 5.20. The van der Waals surface area contributed by atoms with E-state index in [1.54, 1.807) is 4.90 Å². The van der Waals surface area contributed by atoms with E-state index in [9.17, 15) is 0 Å². The number of nitrogens with one attached hydrogen (secondary N) is 1. The van der Waals surface area contributed by atoms with Crippen molar-refractivity contribution in [1.82, 2.24) is 0 Å². The normalized spacial score (nSPS) is 13.3. The lowest BCUT2D eigenvalue weighted by Gasteiger charge is -2.44. The van der Waals surface area contributed by atoms with Gasteiger partial charge in [0.2, 0.25) is 0 Å². The van der Waals surface area contributed by atoms with E-state index in [4.69, 9.17) is 9.47 Å². The highest BCUT2D eigenvalue weighted by Crippen LogP contribution is 2.27. The predicted octanol–water partition coefficient (Wildman–Crippen LogP) is 2.94. The minimum atomic E-state index is -0.153. The van der Waals surface area contributed by atoms with Crippen molar-refractivity contribution in [2.45, 2.75) is 85.4 Å². The van der Waals surface area contributed by atoms with Gasteiger partial charge in [-0.3, -0.25) is 0 Å².